The average Bonchev–Trinajstić information content (AvgIpc) is 2.24. The zero-order valence-corrected chi connectivity index (χ0v) is 11.9. The summed E-state index contributed by atoms with van der Waals surface area (Å²) in [5.41, 5.74) is -0.871. The minimum absolute atomic E-state index is 0.107. The predicted octanol–water partition coefficient (Wildman–Crippen LogP) is 2.57. The maximum absolute atomic E-state index is 12.3. The Kier molecular flexibility index (Phi) is 4.41. The van der Waals surface area contributed by atoms with Gasteiger partial charge in [0.25, 0.3) is 0 Å². The highest BCUT2D eigenvalue weighted by molar-refractivity contribution is 5.87. The van der Waals surface area contributed by atoms with Crippen molar-refractivity contribution in [1.29, 1.82) is 0 Å². The molecule has 0 heterocycles. The molecular weight excluding hydrogens is 230 g/mol. The Balaban J connectivity index is 2.75. The van der Waals surface area contributed by atoms with Crippen LogP contribution in [0.2, 0.25) is 0 Å². The smallest absolute Gasteiger partial charge is 0.326 e. The Morgan fingerprint density at radius 2 is 1.67 bits per heavy atom. The first-order valence-corrected chi connectivity index (χ1v) is 6.70. The summed E-state index contributed by atoms with van der Waals surface area (Å²) in [5.74, 6) is -1.07. The van der Waals surface area contributed by atoms with Gasteiger partial charge in [0, 0.05) is 5.41 Å². The normalized spacial score (nSPS) is 21.1. The van der Waals surface area contributed by atoms with Gasteiger partial charge in [0.1, 0.15) is 6.04 Å². The molecule has 0 bridgehead atoms. The molecule has 1 amide bonds. The fourth-order valence-electron chi connectivity index (χ4n) is 2.51. The van der Waals surface area contributed by atoms with Gasteiger partial charge in [0.05, 0.1) is 0 Å². The van der Waals surface area contributed by atoms with Crippen molar-refractivity contribution in [1.82, 2.24) is 5.32 Å². The lowest BCUT2D eigenvalue weighted by Gasteiger charge is -2.35. The minimum atomic E-state index is -0.963. The van der Waals surface area contributed by atoms with Gasteiger partial charge in [-0.2, -0.15) is 0 Å². The second-order valence-electron chi connectivity index (χ2n) is 6.73. The topological polar surface area (TPSA) is 66.4 Å². The van der Waals surface area contributed by atoms with E-state index < -0.39 is 22.8 Å². The summed E-state index contributed by atoms with van der Waals surface area (Å²) >= 11 is 0. The van der Waals surface area contributed by atoms with Crippen molar-refractivity contribution in [3.05, 3.63) is 0 Å². The van der Waals surface area contributed by atoms with Crippen molar-refractivity contribution in [2.75, 3.05) is 0 Å². The Morgan fingerprint density at radius 1 is 1.17 bits per heavy atom. The van der Waals surface area contributed by atoms with Crippen molar-refractivity contribution in [2.24, 2.45) is 10.8 Å². The quantitative estimate of drug-likeness (QED) is 0.814. The standard InChI is InChI=1S/C14H25NO3/c1-13(2,3)10(11(16)17)15-12(18)14(4)8-6-5-7-9-14/h10H,5-9H2,1-4H3,(H,15,18)(H,16,17)/t10-/m1/s1. The van der Waals surface area contributed by atoms with Gasteiger partial charge in [-0.15, -0.1) is 0 Å². The molecule has 0 radical (unpaired) electrons. The van der Waals surface area contributed by atoms with Gasteiger partial charge in [-0.25, -0.2) is 4.79 Å². The number of hydrogen-bond donors (Lipinski definition) is 2. The van der Waals surface area contributed by atoms with Gasteiger partial charge in [-0.1, -0.05) is 47.0 Å². The van der Waals surface area contributed by atoms with Crippen LogP contribution in [-0.2, 0) is 9.59 Å². The number of carboxylic acids is 1. The summed E-state index contributed by atoms with van der Waals surface area (Å²) < 4.78 is 0. The number of carbonyl (C=O) groups excluding carboxylic acids is 1. The summed E-state index contributed by atoms with van der Waals surface area (Å²) in [6.45, 7) is 7.43. The van der Waals surface area contributed by atoms with E-state index >= 15 is 0 Å². The van der Waals surface area contributed by atoms with Crippen LogP contribution < -0.4 is 5.32 Å². The van der Waals surface area contributed by atoms with Crippen LogP contribution >= 0.6 is 0 Å². The maximum atomic E-state index is 12.3. The second kappa shape index (κ2) is 5.29. The first kappa shape index (κ1) is 15.0. The van der Waals surface area contributed by atoms with Gasteiger partial charge in [0.2, 0.25) is 5.91 Å². The van der Waals surface area contributed by atoms with Crippen molar-refractivity contribution in [3.8, 4) is 0 Å². The van der Waals surface area contributed by atoms with Gasteiger partial charge in [0.15, 0.2) is 0 Å². The molecule has 1 saturated carbocycles. The fourth-order valence-corrected chi connectivity index (χ4v) is 2.51. The average molecular weight is 255 g/mol. The highest BCUT2D eigenvalue weighted by Crippen LogP contribution is 2.36. The maximum Gasteiger partial charge on any atom is 0.326 e. The van der Waals surface area contributed by atoms with E-state index in [9.17, 15) is 14.7 Å². The first-order chi connectivity index (χ1) is 8.17. The minimum Gasteiger partial charge on any atom is -0.480 e. The molecule has 0 saturated heterocycles. The first-order valence-electron chi connectivity index (χ1n) is 6.70. The van der Waals surface area contributed by atoms with Crippen LogP contribution in [0.25, 0.3) is 0 Å². The summed E-state index contributed by atoms with van der Waals surface area (Å²) in [4.78, 5) is 23.6. The van der Waals surface area contributed by atoms with E-state index in [1.54, 1.807) is 0 Å². The number of rotatable bonds is 3. The fraction of sp³-hybridized carbons (Fsp3) is 0.857. The monoisotopic (exact) mass is 255 g/mol. The molecule has 18 heavy (non-hydrogen) atoms. The molecule has 1 aliphatic carbocycles. The Hall–Kier alpha value is -1.06. The van der Waals surface area contributed by atoms with Gasteiger partial charge >= 0.3 is 5.97 Å². The second-order valence-corrected chi connectivity index (χ2v) is 6.73. The van der Waals surface area contributed by atoms with E-state index in [0.29, 0.717) is 0 Å². The van der Waals surface area contributed by atoms with Crippen molar-refractivity contribution >= 4 is 11.9 Å². The summed E-state index contributed by atoms with van der Waals surface area (Å²) in [7, 11) is 0. The number of amides is 1. The number of hydrogen-bond acceptors (Lipinski definition) is 2. The zero-order chi connectivity index (χ0) is 14.0. The number of aliphatic carboxylic acids is 1. The van der Waals surface area contributed by atoms with Gasteiger partial charge in [-0.3, -0.25) is 4.79 Å². The van der Waals surface area contributed by atoms with E-state index in [0.717, 1.165) is 25.7 Å². The number of nitrogens with one attached hydrogen (secondary N) is 1. The number of carboxylic acid groups (broad SMARTS) is 1. The molecule has 1 rings (SSSR count). The molecule has 1 fully saturated rings. The van der Waals surface area contributed by atoms with E-state index in [1.807, 2.05) is 27.7 Å². The molecule has 104 valence electrons. The van der Waals surface area contributed by atoms with E-state index in [1.165, 1.54) is 6.42 Å². The molecular formula is C14H25NO3. The Bertz CT molecular complexity index is 324. The van der Waals surface area contributed by atoms with E-state index in [-0.39, 0.29) is 5.91 Å². The van der Waals surface area contributed by atoms with Crippen molar-refractivity contribution in [2.45, 2.75) is 65.8 Å². The molecule has 0 aromatic heterocycles. The summed E-state index contributed by atoms with van der Waals surface area (Å²) in [6.07, 6.45) is 4.99. The van der Waals surface area contributed by atoms with Gasteiger partial charge in [-0.05, 0) is 18.3 Å². The molecule has 0 aromatic rings. The predicted molar refractivity (Wildman–Crippen MR) is 70.2 cm³/mol. The van der Waals surface area contributed by atoms with E-state index in [2.05, 4.69) is 5.32 Å². The lowest BCUT2D eigenvalue weighted by molar-refractivity contribution is -0.147. The van der Waals surface area contributed by atoms with Gasteiger partial charge < -0.3 is 10.4 Å². The molecule has 0 unspecified atom stereocenters. The summed E-state index contributed by atoms with van der Waals surface area (Å²) in [5, 5.41) is 12.0. The lowest BCUT2D eigenvalue weighted by Crippen LogP contribution is -2.53. The van der Waals surface area contributed by atoms with Crippen LogP contribution in [0.4, 0.5) is 0 Å². The molecule has 4 heteroatoms. The third-order valence-electron chi connectivity index (χ3n) is 3.89. The van der Waals surface area contributed by atoms with Crippen LogP contribution in [0.3, 0.4) is 0 Å². The third kappa shape index (κ3) is 3.47. The molecule has 1 atom stereocenters. The van der Waals surface area contributed by atoms with Crippen LogP contribution in [0, 0.1) is 10.8 Å². The molecule has 2 N–H and O–H groups in total. The molecule has 4 nitrogen and oxygen atoms in total. The Labute approximate surface area is 109 Å². The highest BCUT2D eigenvalue weighted by Gasteiger charge is 2.39. The lowest BCUT2D eigenvalue weighted by atomic mass is 9.74. The number of carbonyl (C=O) groups is 2. The highest BCUT2D eigenvalue weighted by atomic mass is 16.4. The molecule has 1 aliphatic rings. The SMILES string of the molecule is CC1(C(=O)N[C@H](C(=O)O)C(C)(C)C)CCCCC1. The van der Waals surface area contributed by atoms with E-state index in [4.69, 9.17) is 0 Å². The molecule has 0 aromatic carbocycles. The largest absolute Gasteiger partial charge is 0.480 e. The van der Waals surface area contributed by atoms with Crippen LogP contribution in [0.1, 0.15) is 59.8 Å². The third-order valence-corrected chi connectivity index (χ3v) is 3.89. The molecule has 0 aliphatic heterocycles. The van der Waals surface area contributed by atoms with Crippen LogP contribution in [0.15, 0.2) is 0 Å². The zero-order valence-electron chi connectivity index (χ0n) is 11.9. The van der Waals surface area contributed by atoms with Crippen molar-refractivity contribution in [3.63, 3.8) is 0 Å². The van der Waals surface area contributed by atoms with Crippen molar-refractivity contribution < 1.29 is 14.7 Å². The van der Waals surface area contributed by atoms with Crippen LogP contribution in [-0.4, -0.2) is 23.0 Å². The Morgan fingerprint density at radius 3 is 2.06 bits per heavy atom. The molecule has 0 spiro atoms. The summed E-state index contributed by atoms with van der Waals surface area (Å²) in [6, 6.07) is -0.830. The van der Waals surface area contributed by atoms with Crippen LogP contribution in [0.5, 0.6) is 0 Å².